The van der Waals surface area contributed by atoms with Crippen molar-refractivity contribution in [1.29, 1.82) is 0 Å². The van der Waals surface area contributed by atoms with Crippen LogP contribution >= 0.6 is 11.6 Å². The van der Waals surface area contributed by atoms with Gasteiger partial charge < -0.3 is 10.4 Å². The molecule has 2 aromatic rings. The van der Waals surface area contributed by atoms with Crippen molar-refractivity contribution in [3.8, 4) is 0 Å². The zero-order chi connectivity index (χ0) is 16.9. The van der Waals surface area contributed by atoms with Crippen LogP contribution in [0.2, 0.25) is 5.02 Å². The molecule has 2 unspecified atom stereocenters. The molecule has 0 aliphatic carbocycles. The first-order valence-electron chi connectivity index (χ1n) is 8.24. The molecule has 2 nitrogen and oxygen atoms in total. The topological polar surface area (TPSA) is 32.3 Å². The Morgan fingerprint density at radius 2 is 1.83 bits per heavy atom. The molecule has 1 aliphatic heterocycles. The highest BCUT2D eigenvalue weighted by Gasteiger charge is 2.18. The quantitative estimate of drug-likeness (QED) is 0.820. The molecular weight excluding hydrogens is 325 g/mol. The van der Waals surface area contributed by atoms with Crippen molar-refractivity contribution in [2.45, 2.75) is 31.4 Å². The Morgan fingerprint density at radius 1 is 1.12 bits per heavy atom. The predicted octanol–water partition coefficient (Wildman–Crippen LogP) is 4.74. The zero-order valence-corrected chi connectivity index (χ0v) is 14.1. The molecule has 0 bridgehead atoms. The molecule has 0 aromatic heterocycles. The summed E-state index contributed by atoms with van der Waals surface area (Å²) in [4.78, 5) is 0. The van der Waals surface area contributed by atoms with Gasteiger partial charge in [-0.05, 0) is 60.2 Å². The van der Waals surface area contributed by atoms with E-state index in [1.54, 1.807) is 12.1 Å². The van der Waals surface area contributed by atoms with E-state index >= 15 is 0 Å². The van der Waals surface area contributed by atoms with E-state index in [-0.39, 0.29) is 5.82 Å². The highest BCUT2D eigenvalue weighted by atomic mass is 35.5. The molecule has 4 heteroatoms. The fourth-order valence-corrected chi connectivity index (χ4v) is 3.21. The molecule has 0 amide bonds. The average Bonchev–Trinajstić information content (AvgIpc) is 2.61. The first-order valence-corrected chi connectivity index (χ1v) is 8.61. The molecule has 0 spiro atoms. The fourth-order valence-electron chi connectivity index (χ4n) is 3.08. The maximum Gasteiger partial charge on any atom is 0.123 e. The van der Waals surface area contributed by atoms with Gasteiger partial charge in [0.15, 0.2) is 0 Å². The third-order valence-electron chi connectivity index (χ3n) is 4.48. The zero-order valence-electron chi connectivity index (χ0n) is 13.4. The summed E-state index contributed by atoms with van der Waals surface area (Å²) in [7, 11) is 0. The number of hydrogen-bond donors (Lipinski definition) is 2. The van der Waals surface area contributed by atoms with Gasteiger partial charge in [-0.15, -0.1) is 0 Å². The van der Waals surface area contributed by atoms with Crippen molar-refractivity contribution in [3.05, 3.63) is 76.6 Å². The third kappa shape index (κ3) is 4.44. The van der Waals surface area contributed by atoms with E-state index in [2.05, 4.69) is 11.4 Å². The molecule has 0 saturated heterocycles. The lowest BCUT2D eigenvalue weighted by Gasteiger charge is -2.25. The van der Waals surface area contributed by atoms with Gasteiger partial charge in [0.1, 0.15) is 5.82 Å². The van der Waals surface area contributed by atoms with Crippen LogP contribution < -0.4 is 5.32 Å². The fraction of sp³-hybridized carbons (Fsp3) is 0.300. The van der Waals surface area contributed by atoms with Crippen molar-refractivity contribution in [2.75, 3.05) is 6.54 Å². The minimum Gasteiger partial charge on any atom is -0.388 e. The van der Waals surface area contributed by atoms with Crippen LogP contribution in [0.1, 0.15) is 36.5 Å². The molecule has 126 valence electrons. The highest BCUT2D eigenvalue weighted by molar-refractivity contribution is 6.30. The number of hydrogen-bond acceptors (Lipinski definition) is 2. The molecule has 2 N–H and O–H groups in total. The summed E-state index contributed by atoms with van der Waals surface area (Å²) in [5.41, 5.74) is 3.28. The van der Waals surface area contributed by atoms with E-state index in [0.29, 0.717) is 12.5 Å². The highest BCUT2D eigenvalue weighted by Crippen LogP contribution is 2.27. The van der Waals surface area contributed by atoms with Gasteiger partial charge in [-0.25, -0.2) is 4.39 Å². The lowest BCUT2D eigenvalue weighted by Crippen LogP contribution is -2.33. The van der Waals surface area contributed by atoms with Crippen molar-refractivity contribution in [1.82, 2.24) is 5.32 Å². The molecule has 1 heterocycles. The summed E-state index contributed by atoms with van der Waals surface area (Å²) in [5.74, 6) is -0.280. The first kappa shape index (κ1) is 17.2. The van der Waals surface area contributed by atoms with Crippen LogP contribution in [0.25, 0.3) is 5.57 Å². The van der Waals surface area contributed by atoms with Crippen molar-refractivity contribution >= 4 is 17.2 Å². The first-order chi connectivity index (χ1) is 11.6. The largest absolute Gasteiger partial charge is 0.388 e. The van der Waals surface area contributed by atoms with Crippen molar-refractivity contribution in [2.24, 2.45) is 0 Å². The van der Waals surface area contributed by atoms with E-state index < -0.39 is 6.10 Å². The van der Waals surface area contributed by atoms with Crippen LogP contribution in [0.4, 0.5) is 4.39 Å². The molecule has 1 aliphatic rings. The van der Waals surface area contributed by atoms with Gasteiger partial charge >= 0.3 is 0 Å². The Bertz CT molecular complexity index is 697. The number of aliphatic hydroxyl groups excluding tert-OH is 1. The number of halogens is 2. The molecule has 0 saturated carbocycles. The minimum absolute atomic E-state index is 0.280. The second kappa shape index (κ2) is 7.93. The van der Waals surface area contributed by atoms with E-state index in [1.165, 1.54) is 23.3 Å². The molecule has 0 fully saturated rings. The summed E-state index contributed by atoms with van der Waals surface area (Å²) >= 11 is 5.95. The Morgan fingerprint density at radius 3 is 2.54 bits per heavy atom. The Hall–Kier alpha value is -1.68. The third-order valence-corrected chi connectivity index (χ3v) is 4.73. The monoisotopic (exact) mass is 345 g/mol. The number of benzene rings is 2. The molecule has 3 rings (SSSR count). The number of rotatable bonds is 5. The number of aliphatic hydroxyl groups is 1. The second-order valence-corrected chi connectivity index (χ2v) is 6.63. The van der Waals surface area contributed by atoms with Gasteiger partial charge in [-0.3, -0.25) is 0 Å². The second-order valence-electron chi connectivity index (χ2n) is 6.19. The Balaban J connectivity index is 1.55. The minimum atomic E-state index is -0.558. The maximum absolute atomic E-state index is 12.9. The Labute approximate surface area is 147 Å². The van der Waals surface area contributed by atoms with Crippen LogP contribution in [0, 0.1) is 5.82 Å². The summed E-state index contributed by atoms with van der Waals surface area (Å²) in [6, 6.07) is 14.3. The average molecular weight is 346 g/mol. The SMILES string of the molecule is OC(CCC1CC(c2ccc(Cl)cc2)=CCN1)c1ccc(F)cc1. The van der Waals surface area contributed by atoms with E-state index in [1.807, 2.05) is 24.3 Å². The Kier molecular flexibility index (Phi) is 5.67. The van der Waals surface area contributed by atoms with Gasteiger partial charge in [-0.2, -0.15) is 0 Å². The lowest BCUT2D eigenvalue weighted by atomic mass is 9.91. The van der Waals surface area contributed by atoms with Gasteiger partial charge in [0.05, 0.1) is 6.10 Å². The van der Waals surface area contributed by atoms with Gasteiger partial charge in [-0.1, -0.05) is 41.9 Å². The van der Waals surface area contributed by atoms with Crippen LogP contribution in [-0.4, -0.2) is 17.7 Å². The van der Waals surface area contributed by atoms with Gasteiger partial charge in [0.2, 0.25) is 0 Å². The lowest BCUT2D eigenvalue weighted by molar-refractivity contribution is 0.159. The molecule has 2 aromatic carbocycles. The van der Waals surface area contributed by atoms with Gasteiger partial charge in [0.25, 0.3) is 0 Å². The van der Waals surface area contributed by atoms with Crippen molar-refractivity contribution < 1.29 is 9.50 Å². The molecule has 0 radical (unpaired) electrons. The summed E-state index contributed by atoms with van der Waals surface area (Å²) in [5, 5.41) is 14.5. The molecule has 2 atom stereocenters. The molecule has 24 heavy (non-hydrogen) atoms. The van der Waals surface area contributed by atoms with Crippen LogP contribution in [0.5, 0.6) is 0 Å². The smallest absolute Gasteiger partial charge is 0.123 e. The summed E-state index contributed by atoms with van der Waals surface area (Å²) < 4.78 is 12.9. The van der Waals surface area contributed by atoms with Crippen LogP contribution in [-0.2, 0) is 0 Å². The summed E-state index contributed by atoms with van der Waals surface area (Å²) in [6.07, 6.45) is 4.09. The van der Waals surface area contributed by atoms with E-state index in [9.17, 15) is 9.50 Å². The van der Waals surface area contributed by atoms with Crippen molar-refractivity contribution in [3.63, 3.8) is 0 Å². The predicted molar refractivity (Wildman–Crippen MR) is 96.4 cm³/mol. The van der Waals surface area contributed by atoms with Gasteiger partial charge in [0, 0.05) is 17.6 Å². The van der Waals surface area contributed by atoms with E-state index in [0.717, 1.165) is 30.0 Å². The summed E-state index contributed by atoms with van der Waals surface area (Å²) in [6.45, 7) is 0.829. The maximum atomic E-state index is 12.9. The normalized spacial score (nSPS) is 19.0. The number of nitrogens with one attached hydrogen (secondary N) is 1. The van der Waals surface area contributed by atoms with E-state index in [4.69, 9.17) is 11.6 Å². The standard InChI is InChI=1S/C20H21ClFNO/c21-17-5-1-14(2-6-17)16-11-12-23-19(13-16)9-10-20(24)15-3-7-18(22)8-4-15/h1-8,11,19-20,23-24H,9-10,12-13H2. The van der Waals surface area contributed by atoms with Crippen LogP contribution in [0.3, 0.4) is 0 Å². The van der Waals surface area contributed by atoms with Crippen LogP contribution in [0.15, 0.2) is 54.6 Å². The molecular formula is C20H21ClFNO.